The zero-order valence-corrected chi connectivity index (χ0v) is 14.4. The highest BCUT2D eigenvalue weighted by Gasteiger charge is 2.18. The van der Waals surface area contributed by atoms with Crippen molar-refractivity contribution in [1.82, 2.24) is 4.90 Å². The number of nitrogens with zero attached hydrogens (tertiary/aromatic N) is 1. The van der Waals surface area contributed by atoms with E-state index in [9.17, 15) is 10.0 Å². The number of nitrogens with one attached hydrogen (secondary N) is 1. The Balaban J connectivity index is 2.69. The summed E-state index contributed by atoms with van der Waals surface area (Å²) < 4.78 is -0.155. The van der Waals surface area contributed by atoms with Gasteiger partial charge in [-0.3, -0.25) is 0 Å². The van der Waals surface area contributed by atoms with Crippen molar-refractivity contribution < 1.29 is 10.0 Å². The van der Waals surface area contributed by atoms with Crippen LogP contribution in [0, 0.1) is 0 Å². The van der Waals surface area contributed by atoms with Gasteiger partial charge in [-0.2, -0.15) is 0 Å². The van der Waals surface area contributed by atoms with Crippen LogP contribution in [0.25, 0.3) is 0 Å². The molecule has 0 amide bonds. The minimum absolute atomic E-state index is 0.155. The van der Waals surface area contributed by atoms with Crippen LogP contribution in [0.3, 0.4) is 0 Å². The Bertz CT molecular complexity index is 453. The Kier molecular flexibility index (Phi) is 7.89. The highest BCUT2D eigenvalue weighted by Crippen LogP contribution is 2.27. The Morgan fingerprint density at radius 2 is 2.00 bits per heavy atom. The molecular formula is C11H17BCl2N2O2S2. The van der Waals surface area contributed by atoms with E-state index in [-0.39, 0.29) is 15.2 Å². The van der Waals surface area contributed by atoms with Gasteiger partial charge >= 0.3 is 7.12 Å². The predicted molar refractivity (Wildman–Crippen MR) is 93.7 cm³/mol. The van der Waals surface area contributed by atoms with Crippen molar-refractivity contribution in [2.24, 2.45) is 0 Å². The van der Waals surface area contributed by atoms with Gasteiger partial charge in [0.25, 0.3) is 0 Å². The molecule has 0 fully saturated rings. The van der Waals surface area contributed by atoms with Crippen LogP contribution in [0.4, 0.5) is 5.69 Å². The number of anilines is 1. The van der Waals surface area contributed by atoms with Gasteiger partial charge in [-0.1, -0.05) is 23.2 Å². The Labute approximate surface area is 139 Å². The molecule has 3 N–H and O–H groups in total. The van der Waals surface area contributed by atoms with Crippen molar-refractivity contribution >= 4 is 65.9 Å². The predicted octanol–water partition coefficient (Wildman–Crippen LogP) is 1.59. The van der Waals surface area contributed by atoms with Crippen molar-refractivity contribution in [3.8, 4) is 0 Å². The summed E-state index contributed by atoms with van der Waals surface area (Å²) in [4.78, 5) is 2.09. The molecule has 0 radical (unpaired) electrons. The number of halogens is 2. The first-order chi connectivity index (χ1) is 9.31. The Morgan fingerprint density at radius 1 is 1.35 bits per heavy atom. The second kappa shape index (κ2) is 8.63. The molecule has 0 aromatic heterocycles. The van der Waals surface area contributed by atoms with Crippen LogP contribution >= 0.6 is 47.6 Å². The number of hydrogen-bond acceptors (Lipinski definition) is 6. The van der Waals surface area contributed by atoms with Crippen LogP contribution in [-0.4, -0.2) is 53.2 Å². The van der Waals surface area contributed by atoms with Gasteiger partial charge in [0.15, 0.2) is 0 Å². The Hall–Kier alpha value is 0.245. The summed E-state index contributed by atoms with van der Waals surface area (Å²) >= 11 is 18.0. The van der Waals surface area contributed by atoms with Crippen LogP contribution in [0.2, 0.25) is 10.0 Å². The first kappa shape index (κ1) is 18.3. The molecule has 112 valence electrons. The van der Waals surface area contributed by atoms with E-state index in [1.165, 1.54) is 12.1 Å². The number of hydrogen-bond donors (Lipinski definition) is 4. The first-order valence-electron chi connectivity index (χ1n) is 5.87. The summed E-state index contributed by atoms with van der Waals surface area (Å²) in [5, 5.41) is 22.2. The molecule has 0 heterocycles. The van der Waals surface area contributed by atoms with Crippen molar-refractivity contribution in [3.63, 3.8) is 0 Å². The van der Waals surface area contributed by atoms with Gasteiger partial charge in [0.05, 0.1) is 10.7 Å². The molecule has 0 aliphatic heterocycles. The average molecular weight is 355 g/mol. The van der Waals surface area contributed by atoms with E-state index in [4.69, 9.17) is 23.2 Å². The third-order valence-electron chi connectivity index (χ3n) is 2.46. The molecule has 0 bridgehead atoms. The van der Waals surface area contributed by atoms with Crippen molar-refractivity contribution in [1.29, 1.82) is 0 Å². The van der Waals surface area contributed by atoms with Crippen LogP contribution in [0.5, 0.6) is 0 Å². The SMILES string of the molecule is CN(C)CCSC(S)Nc1cc(B(O)O)c(Cl)cc1Cl. The van der Waals surface area contributed by atoms with Gasteiger partial charge in [0, 0.05) is 22.8 Å². The molecule has 0 saturated carbocycles. The van der Waals surface area contributed by atoms with E-state index >= 15 is 0 Å². The summed E-state index contributed by atoms with van der Waals surface area (Å²) in [6, 6.07) is 3.00. The standard InChI is InChI=1S/C11H17BCl2N2O2S2/c1-16(2)3-4-20-11(19)15-10-5-7(12(17)18)8(13)6-9(10)14/h5-6,11,15,17-19H,3-4H2,1-2H3. The van der Waals surface area contributed by atoms with Crippen LogP contribution in [0.1, 0.15) is 0 Å². The molecule has 1 aromatic rings. The van der Waals surface area contributed by atoms with Crippen LogP contribution < -0.4 is 10.8 Å². The molecular weight excluding hydrogens is 338 g/mol. The highest BCUT2D eigenvalue weighted by atomic mass is 35.5. The lowest BCUT2D eigenvalue weighted by molar-refractivity contribution is 0.426. The van der Waals surface area contributed by atoms with E-state index in [0.29, 0.717) is 10.7 Å². The molecule has 1 aromatic carbocycles. The maximum Gasteiger partial charge on any atom is 0.490 e. The maximum atomic E-state index is 9.23. The van der Waals surface area contributed by atoms with E-state index in [1.54, 1.807) is 11.8 Å². The maximum absolute atomic E-state index is 9.23. The minimum Gasteiger partial charge on any atom is -0.423 e. The van der Waals surface area contributed by atoms with Gasteiger partial charge in [0.1, 0.15) is 4.71 Å². The number of thiol groups is 1. The van der Waals surface area contributed by atoms with Crippen LogP contribution in [-0.2, 0) is 0 Å². The van der Waals surface area contributed by atoms with E-state index in [1.807, 2.05) is 14.1 Å². The molecule has 1 atom stereocenters. The zero-order chi connectivity index (χ0) is 15.3. The lowest BCUT2D eigenvalue weighted by Gasteiger charge is -2.18. The van der Waals surface area contributed by atoms with Gasteiger partial charge in [0.2, 0.25) is 0 Å². The molecule has 1 rings (SSSR count). The second-order valence-electron chi connectivity index (χ2n) is 4.40. The van der Waals surface area contributed by atoms with Gasteiger partial charge < -0.3 is 20.3 Å². The number of benzene rings is 1. The van der Waals surface area contributed by atoms with Gasteiger partial charge in [-0.05, 0) is 26.2 Å². The molecule has 0 aliphatic carbocycles. The Morgan fingerprint density at radius 3 is 2.55 bits per heavy atom. The first-order valence-corrected chi connectivity index (χ1v) is 8.19. The fraction of sp³-hybridized carbons (Fsp3) is 0.455. The second-order valence-corrected chi connectivity index (χ2v) is 7.29. The number of thioether (sulfide) groups is 1. The summed E-state index contributed by atoms with van der Waals surface area (Å²) in [5.41, 5.74) is 0.772. The smallest absolute Gasteiger partial charge is 0.423 e. The van der Waals surface area contributed by atoms with E-state index in [0.717, 1.165) is 12.3 Å². The zero-order valence-electron chi connectivity index (χ0n) is 11.2. The molecule has 0 saturated heterocycles. The number of rotatable bonds is 7. The largest absolute Gasteiger partial charge is 0.490 e. The molecule has 9 heteroatoms. The average Bonchev–Trinajstić information content (AvgIpc) is 2.31. The van der Waals surface area contributed by atoms with Crippen molar-refractivity contribution in [3.05, 3.63) is 22.2 Å². The fourth-order valence-corrected chi connectivity index (χ4v) is 3.29. The normalized spacial score (nSPS) is 12.6. The molecule has 0 aliphatic rings. The molecule has 1 unspecified atom stereocenters. The topological polar surface area (TPSA) is 55.7 Å². The van der Waals surface area contributed by atoms with E-state index < -0.39 is 7.12 Å². The summed E-state index contributed by atoms with van der Waals surface area (Å²) in [7, 11) is 2.37. The lowest BCUT2D eigenvalue weighted by atomic mass is 9.80. The van der Waals surface area contributed by atoms with Gasteiger partial charge in [-0.25, -0.2) is 0 Å². The molecule has 4 nitrogen and oxygen atoms in total. The summed E-state index contributed by atoms with van der Waals surface area (Å²) in [6.07, 6.45) is 0. The third kappa shape index (κ3) is 5.93. The molecule has 0 spiro atoms. The van der Waals surface area contributed by atoms with Crippen molar-refractivity contribution in [2.45, 2.75) is 4.71 Å². The van der Waals surface area contributed by atoms with Crippen molar-refractivity contribution in [2.75, 3.05) is 31.7 Å². The minimum atomic E-state index is -1.64. The van der Waals surface area contributed by atoms with E-state index in [2.05, 4.69) is 22.8 Å². The monoisotopic (exact) mass is 354 g/mol. The highest BCUT2D eigenvalue weighted by molar-refractivity contribution is 8.10. The molecule has 20 heavy (non-hydrogen) atoms. The third-order valence-corrected chi connectivity index (χ3v) is 4.53. The lowest BCUT2D eigenvalue weighted by Crippen LogP contribution is -2.31. The van der Waals surface area contributed by atoms with Gasteiger partial charge in [-0.15, -0.1) is 24.4 Å². The summed E-state index contributed by atoms with van der Waals surface area (Å²) in [6.45, 7) is 0.943. The van der Waals surface area contributed by atoms with Crippen LogP contribution in [0.15, 0.2) is 12.1 Å². The summed E-state index contributed by atoms with van der Waals surface area (Å²) in [5.74, 6) is 0.912. The quantitative estimate of drug-likeness (QED) is 0.340. The fourth-order valence-electron chi connectivity index (χ4n) is 1.40.